The second-order valence-corrected chi connectivity index (χ2v) is 7.28. The van der Waals surface area contributed by atoms with Crippen LogP contribution in [-0.4, -0.2) is 22.4 Å². The Balaban J connectivity index is 1.94. The van der Waals surface area contributed by atoms with Gasteiger partial charge in [0, 0.05) is 39.7 Å². The smallest absolute Gasteiger partial charge is 0.186 e. The van der Waals surface area contributed by atoms with E-state index in [4.69, 9.17) is 12.2 Å². The number of hydrazone groups is 1. The zero-order valence-electron chi connectivity index (χ0n) is 14.8. The Labute approximate surface area is 167 Å². The van der Waals surface area contributed by atoms with Gasteiger partial charge >= 0.3 is 0 Å². The van der Waals surface area contributed by atoms with Crippen molar-refractivity contribution in [1.29, 1.82) is 0 Å². The maximum Gasteiger partial charge on any atom is 0.186 e. The predicted octanol–water partition coefficient (Wildman–Crippen LogP) is 4.58. The zero-order chi connectivity index (χ0) is 18.5. The summed E-state index contributed by atoms with van der Waals surface area (Å²) in [5.74, 6) is 0. The van der Waals surface area contributed by atoms with Gasteiger partial charge in [0.25, 0.3) is 0 Å². The Morgan fingerprint density at radius 1 is 1.19 bits per heavy atom. The molecule has 6 heteroatoms. The highest BCUT2D eigenvalue weighted by Crippen LogP contribution is 2.25. The van der Waals surface area contributed by atoms with Gasteiger partial charge < -0.3 is 9.88 Å². The number of fused-ring (bicyclic) bond motifs is 1. The van der Waals surface area contributed by atoms with Crippen LogP contribution in [0.25, 0.3) is 10.9 Å². The molecular formula is C20H21BrN4S. The van der Waals surface area contributed by atoms with Crippen molar-refractivity contribution in [3.05, 3.63) is 69.8 Å². The Morgan fingerprint density at radius 2 is 1.92 bits per heavy atom. The highest BCUT2D eigenvalue weighted by atomic mass is 79.9. The van der Waals surface area contributed by atoms with E-state index in [9.17, 15) is 0 Å². The number of thiocarbonyl (C=S) groups is 1. The molecule has 0 unspecified atom stereocenters. The number of hydrogen-bond donors (Lipinski definition) is 2. The Kier molecular flexibility index (Phi) is 6.06. The van der Waals surface area contributed by atoms with Crippen LogP contribution in [0.3, 0.4) is 0 Å². The number of hydrogen-bond acceptors (Lipinski definition) is 2. The van der Waals surface area contributed by atoms with Gasteiger partial charge in [-0.15, -0.1) is 0 Å². The van der Waals surface area contributed by atoms with Gasteiger partial charge in [-0.2, -0.15) is 5.10 Å². The largest absolute Gasteiger partial charge is 0.362 e. The number of aromatic nitrogens is 1. The van der Waals surface area contributed by atoms with E-state index in [2.05, 4.69) is 91.8 Å². The molecule has 0 radical (unpaired) electrons. The molecule has 0 fully saturated rings. The number of nitrogens with zero attached hydrogens (tertiary/aromatic N) is 2. The first-order valence-electron chi connectivity index (χ1n) is 8.49. The molecule has 3 rings (SSSR count). The van der Waals surface area contributed by atoms with Gasteiger partial charge in [-0.25, -0.2) is 0 Å². The minimum absolute atomic E-state index is 0.528. The van der Waals surface area contributed by atoms with Crippen molar-refractivity contribution >= 4 is 50.4 Å². The van der Waals surface area contributed by atoms with Gasteiger partial charge in [0.05, 0.1) is 6.21 Å². The minimum Gasteiger partial charge on any atom is -0.362 e. The van der Waals surface area contributed by atoms with E-state index in [0.29, 0.717) is 5.11 Å². The van der Waals surface area contributed by atoms with Crippen molar-refractivity contribution in [2.45, 2.75) is 20.4 Å². The Morgan fingerprint density at radius 3 is 2.65 bits per heavy atom. The van der Waals surface area contributed by atoms with Gasteiger partial charge in [0.1, 0.15) is 0 Å². The first-order chi connectivity index (χ1) is 12.6. The van der Waals surface area contributed by atoms with E-state index >= 15 is 0 Å². The lowest BCUT2D eigenvalue weighted by Gasteiger charge is -2.09. The summed E-state index contributed by atoms with van der Waals surface area (Å²) in [5, 5.41) is 9.04. The SMILES string of the molecule is CCNC(=S)N/N=C\c1c(C)n(Cc2ccc(Br)cc2)c2ccccc12. The molecule has 0 saturated heterocycles. The molecule has 3 aromatic rings. The third-order valence-corrected chi connectivity index (χ3v) is 4.99. The molecule has 0 bridgehead atoms. The lowest BCUT2D eigenvalue weighted by molar-refractivity contribution is 0.804. The second kappa shape index (κ2) is 8.47. The van der Waals surface area contributed by atoms with Crippen molar-refractivity contribution in [3.63, 3.8) is 0 Å². The summed E-state index contributed by atoms with van der Waals surface area (Å²) in [6.07, 6.45) is 1.85. The van der Waals surface area contributed by atoms with Crippen molar-refractivity contribution in [2.24, 2.45) is 5.10 Å². The van der Waals surface area contributed by atoms with Crippen LogP contribution >= 0.6 is 28.1 Å². The maximum atomic E-state index is 5.15. The average molecular weight is 429 g/mol. The second-order valence-electron chi connectivity index (χ2n) is 5.96. The molecule has 2 N–H and O–H groups in total. The highest BCUT2D eigenvalue weighted by Gasteiger charge is 2.12. The molecule has 4 nitrogen and oxygen atoms in total. The highest BCUT2D eigenvalue weighted by molar-refractivity contribution is 9.10. The number of para-hydroxylation sites is 1. The van der Waals surface area contributed by atoms with Crippen molar-refractivity contribution in [3.8, 4) is 0 Å². The summed E-state index contributed by atoms with van der Waals surface area (Å²) < 4.78 is 3.41. The van der Waals surface area contributed by atoms with Crippen molar-refractivity contribution < 1.29 is 0 Å². The number of benzene rings is 2. The lowest BCUT2D eigenvalue weighted by atomic mass is 10.1. The van der Waals surface area contributed by atoms with Crippen LogP contribution in [0.4, 0.5) is 0 Å². The Hall–Kier alpha value is -2.18. The summed E-state index contributed by atoms with van der Waals surface area (Å²) in [6, 6.07) is 16.8. The normalized spacial score (nSPS) is 11.2. The first kappa shape index (κ1) is 18.6. The quantitative estimate of drug-likeness (QED) is 0.355. The summed E-state index contributed by atoms with van der Waals surface area (Å²) in [5.41, 5.74) is 7.60. The first-order valence-corrected chi connectivity index (χ1v) is 9.69. The van der Waals surface area contributed by atoms with Crippen LogP contribution in [-0.2, 0) is 6.54 Å². The fraction of sp³-hybridized carbons (Fsp3) is 0.200. The third-order valence-electron chi connectivity index (χ3n) is 4.23. The van der Waals surface area contributed by atoms with Gasteiger partial charge in [0.2, 0.25) is 0 Å². The molecule has 2 aromatic carbocycles. The Bertz CT molecular complexity index is 944. The van der Waals surface area contributed by atoms with E-state index in [1.807, 2.05) is 13.1 Å². The number of nitrogens with one attached hydrogen (secondary N) is 2. The summed E-state index contributed by atoms with van der Waals surface area (Å²) >= 11 is 8.65. The van der Waals surface area contributed by atoms with Crippen molar-refractivity contribution in [2.75, 3.05) is 6.54 Å². The number of rotatable bonds is 5. The van der Waals surface area contributed by atoms with Gasteiger partial charge in [-0.05, 0) is 49.8 Å². The molecule has 0 aliphatic carbocycles. The molecule has 1 aromatic heterocycles. The number of halogens is 1. The minimum atomic E-state index is 0.528. The van der Waals surface area contributed by atoms with E-state index in [0.717, 1.165) is 23.1 Å². The third kappa shape index (κ3) is 4.14. The zero-order valence-corrected chi connectivity index (χ0v) is 17.2. The molecule has 0 aliphatic rings. The van der Waals surface area contributed by atoms with Crippen LogP contribution in [0.1, 0.15) is 23.7 Å². The fourth-order valence-corrected chi connectivity index (χ4v) is 3.41. The topological polar surface area (TPSA) is 41.4 Å². The van der Waals surface area contributed by atoms with Crippen LogP contribution in [0.15, 0.2) is 58.1 Å². The summed E-state index contributed by atoms with van der Waals surface area (Å²) in [4.78, 5) is 0. The summed E-state index contributed by atoms with van der Waals surface area (Å²) in [7, 11) is 0. The molecule has 0 spiro atoms. The van der Waals surface area contributed by atoms with E-state index in [-0.39, 0.29) is 0 Å². The van der Waals surface area contributed by atoms with E-state index in [1.54, 1.807) is 0 Å². The molecule has 1 heterocycles. The van der Waals surface area contributed by atoms with Gasteiger partial charge in [-0.3, -0.25) is 5.43 Å². The van der Waals surface area contributed by atoms with Gasteiger partial charge in [0.15, 0.2) is 5.11 Å². The van der Waals surface area contributed by atoms with Crippen LogP contribution < -0.4 is 10.7 Å². The molecular weight excluding hydrogens is 408 g/mol. The lowest BCUT2D eigenvalue weighted by Crippen LogP contribution is -2.31. The van der Waals surface area contributed by atoms with Gasteiger partial charge in [-0.1, -0.05) is 46.3 Å². The molecule has 0 saturated carbocycles. The van der Waals surface area contributed by atoms with E-state index in [1.165, 1.54) is 22.2 Å². The van der Waals surface area contributed by atoms with Crippen LogP contribution in [0.2, 0.25) is 0 Å². The van der Waals surface area contributed by atoms with E-state index < -0.39 is 0 Å². The monoisotopic (exact) mass is 428 g/mol. The maximum absolute atomic E-state index is 5.15. The predicted molar refractivity (Wildman–Crippen MR) is 117 cm³/mol. The fourth-order valence-electron chi connectivity index (χ4n) is 2.95. The van der Waals surface area contributed by atoms with Crippen LogP contribution in [0, 0.1) is 6.92 Å². The standard InChI is InChI=1S/C20H21BrN4S/c1-3-22-20(26)24-23-12-18-14(2)25(19-7-5-4-6-17(18)19)13-15-8-10-16(21)11-9-15/h4-12H,3,13H2,1-2H3,(H2,22,24,26)/b23-12-. The molecule has 134 valence electrons. The summed E-state index contributed by atoms with van der Waals surface area (Å²) in [6.45, 7) is 5.71. The molecule has 0 amide bonds. The molecule has 0 atom stereocenters. The van der Waals surface area contributed by atoms with Crippen molar-refractivity contribution in [1.82, 2.24) is 15.3 Å². The molecule has 26 heavy (non-hydrogen) atoms. The molecule has 0 aliphatic heterocycles. The van der Waals surface area contributed by atoms with Crippen LogP contribution in [0.5, 0.6) is 0 Å². The average Bonchev–Trinajstić information content (AvgIpc) is 2.90.